The highest BCUT2D eigenvalue weighted by Crippen LogP contribution is 2.31. The Labute approximate surface area is 196 Å². The number of imide groups is 1. The van der Waals surface area contributed by atoms with Crippen LogP contribution in [0.5, 0.6) is 0 Å². The van der Waals surface area contributed by atoms with Crippen molar-refractivity contribution in [3.63, 3.8) is 0 Å². The van der Waals surface area contributed by atoms with E-state index in [2.05, 4.69) is 10.0 Å². The number of carbonyl (C=O) groups excluding carboxylic acids is 3. The average Bonchev–Trinajstić information content (AvgIpc) is 3.01. The van der Waals surface area contributed by atoms with Crippen molar-refractivity contribution in [3.8, 4) is 0 Å². The average molecular weight is 486 g/mol. The van der Waals surface area contributed by atoms with Crippen LogP contribution in [0.15, 0.2) is 59.5 Å². The molecule has 2 N–H and O–H groups in total. The summed E-state index contributed by atoms with van der Waals surface area (Å²) in [6, 6.07) is 14.1. The fraction of sp³-hybridized carbons (Fsp3) is 0.174. The van der Waals surface area contributed by atoms with Crippen molar-refractivity contribution in [2.75, 3.05) is 24.1 Å². The molecule has 0 radical (unpaired) electrons. The molecule has 3 amide bonds. The number of sulfonamides is 1. The SMILES string of the molecule is Cc1ccc(/C=C2\SC(=O)N(CCNC(=O)/C=C/c3ccc(NS(C)(=O)=O)cc3)C2=O)cc1. The highest BCUT2D eigenvalue weighted by atomic mass is 32.2. The molecule has 0 bridgehead atoms. The van der Waals surface area contributed by atoms with Crippen molar-refractivity contribution in [2.45, 2.75) is 6.92 Å². The second-order valence-corrected chi connectivity index (χ2v) is 10.1. The van der Waals surface area contributed by atoms with Crippen LogP contribution in [0, 0.1) is 6.92 Å². The summed E-state index contributed by atoms with van der Waals surface area (Å²) in [5, 5.41) is 2.27. The van der Waals surface area contributed by atoms with Crippen LogP contribution in [0.1, 0.15) is 16.7 Å². The first-order valence-corrected chi connectivity index (χ1v) is 12.7. The molecule has 0 saturated carbocycles. The number of thioether (sulfide) groups is 1. The van der Waals surface area contributed by atoms with E-state index in [-0.39, 0.29) is 30.1 Å². The molecule has 3 rings (SSSR count). The van der Waals surface area contributed by atoms with E-state index in [0.29, 0.717) is 16.2 Å². The fourth-order valence-electron chi connectivity index (χ4n) is 2.90. The molecular formula is C23H23N3O5S2. The summed E-state index contributed by atoms with van der Waals surface area (Å²) in [6.07, 6.45) is 5.64. The molecule has 0 atom stereocenters. The van der Waals surface area contributed by atoms with Gasteiger partial charge in [-0.3, -0.25) is 24.0 Å². The number of benzene rings is 2. The number of rotatable bonds is 8. The van der Waals surface area contributed by atoms with Gasteiger partial charge in [-0.05, 0) is 54.1 Å². The van der Waals surface area contributed by atoms with Crippen LogP contribution in [-0.2, 0) is 19.6 Å². The van der Waals surface area contributed by atoms with Gasteiger partial charge in [0.25, 0.3) is 11.1 Å². The smallest absolute Gasteiger partial charge is 0.293 e. The Morgan fingerprint density at radius 2 is 1.67 bits per heavy atom. The van der Waals surface area contributed by atoms with Crippen LogP contribution >= 0.6 is 11.8 Å². The lowest BCUT2D eigenvalue weighted by Gasteiger charge is -2.12. The largest absolute Gasteiger partial charge is 0.351 e. The van der Waals surface area contributed by atoms with Crippen LogP contribution < -0.4 is 10.0 Å². The third kappa shape index (κ3) is 7.33. The maximum Gasteiger partial charge on any atom is 0.293 e. The maximum atomic E-state index is 12.5. The van der Waals surface area contributed by atoms with Crippen LogP contribution in [0.3, 0.4) is 0 Å². The van der Waals surface area contributed by atoms with Crippen molar-refractivity contribution in [1.29, 1.82) is 0 Å². The summed E-state index contributed by atoms with van der Waals surface area (Å²) < 4.78 is 24.8. The molecule has 0 unspecified atom stereocenters. The van der Waals surface area contributed by atoms with Gasteiger partial charge in [-0.25, -0.2) is 8.42 Å². The lowest BCUT2D eigenvalue weighted by molar-refractivity contribution is -0.123. The summed E-state index contributed by atoms with van der Waals surface area (Å²) in [7, 11) is -3.35. The Balaban J connectivity index is 1.49. The Kier molecular flexibility index (Phi) is 7.72. The molecule has 10 heteroatoms. The zero-order chi connectivity index (χ0) is 24.0. The molecule has 1 aliphatic rings. The summed E-state index contributed by atoms with van der Waals surface area (Å²) in [6.45, 7) is 2.16. The monoisotopic (exact) mass is 485 g/mol. The Morgan fingerprint density at radius 3 is 2.30 bits per heavy atom. The second kappa shape index (κ2) is 10.5. The molecule has 172 valence electrons. The zero-order valence-electron chi connectivity index (χ0n) is 18.1. The Morgan fingerprint density at radius 1 is 1.03 bits per heavy atom. The normalized spacial score (nSPS) is 15.5. The van der Waals surface area contributed by atoms with Gasteiger partial charge in [0.05, 0.1) is 11.2 Å². The highest BCUT2D eigenvalue weighted by Gasteiger charge is 2.34. The molecule has 8 nitrogen and oxygen atoms in total. The summed E-state index contributed by atoms with van der Waals surface area (Å²) in [5.41, 5.74) is 3.07. The minimum Gasteiger partial charge on any atom is -0.351 e. The third-order valence-electron chi connectivity index (χ3n) is 4.52. The molecule has 0 aliphatic carbocycles. The minimum atomic E-state index is -3.35. The van der Waals surface area contributed by atoms with E-state index < -0.39 is 10.0 Å². The fourth-order valence-corrected chi connectivity index (χ4v) is 4.33. The maximum absolute atomic E-state index is 12.5. The molecule has 0 spiro atoms. The van der Waals surface area contributed by atoms with Gasteiger partial charge in [0, 0.05) is 24.9 Å². The van der Waals surface area contributed by atoms with Crippen molar-refractivity contribution >= 4 is 56.7 Å². The lowest BCUT2D eigenvalue weighted by atomic mass is 10.1. The number of carbonyl (C=O) groups is 3. The molecule has 1 aliphatic heterocycles. The number of hydrogen-bond acceptors (Lipinski definition) is 6. The number of hydrogen-bond donors (Lipinski definition) is 2. The predicted molar refractivity (Wildman–Crippen MR) is 131 cm³/mol. The van der Waals surface area contributed by atoms with Crippen molar-refractivity contribution in [3.05, 3.63) is 76.2 Å². The van der Waals surface area contributed by atoms with E-state index in [1.165, 1.54) is 6.08 Å². The van der Waals surface area contributed by atoms with Crippen molar-refractivity contribution < 1.29 is 22.8 Å². The van der Waals surface area contributed by atoms with Gasteiger partial charge >= 0.3 is 0 Å². The topological polar surface area (TPSA) is 113 Å². The zero-order valence-corrected chi connectivity index (χ0v) is 19.7. The Bertz CT molecular complexity index is 1220. The van der Waals surface area contributed by atoms with Gasteiger partial charge in [0.1, 0.15) is 0 Å². The van der Waals surface area contributed by atoms with E-state index >= 15 is 0 Å². The molecule has 2 aromatic rings. The first kappa shape index (κ1) is 24.3. The first-order valence-electron chi connectivity index (χ1n) is 9.96. The van der Waals surface area contributed by atoms with Gasteiger partial charge < -0.3 is 5.32 Å². The standard InChI is InChI=1S/C23H23N3O5S2/c1-16-3-5-18(6-4-16)15-20-22(28)26(23(29)32-20)14-13-24-21(27)12-9-17-7-10-19(11-8-17)25-33(2,30)31/h3-12,15,25H,13-14H2,1-2H3,(H,24,27)/b12-9+,20-15-. The number of nitrogens with one attached hydrogen (secondary N) is 2. The number of anilines is 1. The van der Waals surface area contributed by atoms with Crippen LogP contribution in [0.25, 0.3) is 12.2 Å². The molecule has 2 aromatic carbocycles. The highest BCUT2D eigenvalue weighted by molar-refractivity contribution is 8.18. The lowest BCUT2D eigenvalue weighted by Crippen LogP contribution is -2.36. The Hall–Kier alpha value is -3.37. The van der Waals surface area contributed by atoms with Gasteiger partial charge in [-0.1, -0.05) is 42.0 Å². The van der Waals surface area contributed by atoms with Gasteiger partial charge in [0.15, 0.2) is 0 Å². The van der Waals surface area contributed by atoms with Crippen LogP contribution in [0.4, 0.5) is 10.5 Å². The van der Waals surface area contributed by atoms with Crippen LogP contribution in [-0.4, -0.2) is 49.7 Å². The summed E-state index contributed by atoms with van der Waals surface area (Å²) in [4.78, 5) is 38.2. The number of nitrogens with zero attached hydrogens (tertiary/aromatic N) is 1. The minimum absolute atomic E-state index is 0.0708. The van der Waals surface area contributed by atoms with Gasteiger partial charge in [-0.2, -0.15) is 0 Å². The van der Waals surface area contributed by atoms with E-state index in [1.807, 2.05) is 31.2 Å². The van der Waals surface area contributed by atoms with E-state index in [9.17, 15) is 22.8 Å². The molecular weight excluding hydrogens is 462 g/mol. The molecule has 1 heterocycles. The molecule has 1 fully saturated rings. The van der Waals surface area contributed by atoms with Crippen LogP contribution in [0.2, 0.25) is 0 Å². The third-order valence-corrected chi connectivity index (χ3v) is 6.04. The van der Waals surface area contributed by atoms with E-state index in [0.717, 1.165) is 34.0 Å². The van der Waals surface area contributed by atoms with Crippen molar-refractivity contribution in [2.24, 2.45) is 0 Å². The summed E-state index contributed by atoms with van der Waals surface area (Å²) >= 11 is 0.881. The molecule has 33 heavy (non-hydrogen) atoms. The summed E-state index contributed by atoms with van der Waals surface area (Å²) in [5.74, 6) is -0.756. The molecule has 1 saturated heterocycles. The van der Waals surface area contributed by atoms with Gasteiger partial charge in [0.2, 0.25) is 15.9 Å². The molecule has 0 aromatic heterocycles. The first-order chi connectivity index (χ1) is 15.6. The van der Waals surface area contributed by atoms with Gasteiger partial charge in [-0.15, -0.1) is 0 Å². The second-order valence-electron chi connectivity index (χ2n) is 7.36. The number of aryl methyl sites for hydroxylation is 1. The predicted octanol–water partition coefficient (Wildman–Crippen LogP) is 3.23. The number of amides is 3. The van der Waals surface area contributed by atoms with E-state index in [4.69, 9.17) is 0 Å². The quantitative estimate of drug-likeness (QED) is 0.555. The van der Waals surface area contributed by atoms with Crippen molar-refractivity contribution in [1.82, 2.24) is 10.2 Å². The van der Waals surface area contributed by atoms with E-state index in [1.54, 1.807) is 36.4 Å².